The molecule has 0 aliphatic rings. The van der Waals surface area contributed by atoms with Crippen LogP contribution >= 0.6 is 0 Å². The summed E-state index contributed by atoms with van der Waals surface area (Å²) in [5.41, 5.74) is 6.47. The number of anilines is 1. The molecule has 0 spiro atoms. The summed E-state index contributed by atoms with van der Waals surface area (Å²) in [6.45, 7) is -0.219. The fourth-order valence-corrected chi connectivity index (χ4v) is 1.62. The zero-order chi connectivity index (χ0) is 15.8. The molecule has 4 N–H and O–H groups in total. The van der Waals surface area contributed by atoms with Gasteiger partial charge in [0.25, 0.3) is 0 Å². The number of hydrogen-bond donors (Lipinski definition) is 3. The van der Waals surface area contributed by atoms with Crippen molar-refractivity contribution in [1.29, 1.82) is 0 Å². The van der Waals surface area contributed by atoms with Gasteiger partial charge in [-0.1, -0.05) is 12.1 Å². The molecule has 0 aliphatic carbocycles. The molecule has 0 unspecified atom stereocenters. The largest absolute Gasteiger partial charge is 0.368 e. The standard InChI is InChI=1S/C14H20N4O3/c1-18(2)13(20)7-6-10-4-3-5-11(8-10)17-14(21)16-9-12(15)19/h3-5,8H,6-7,9H2,1-2H3,(H2,15,19)(H2,16,17,21). The molecule has 0 saturated heterocycles. The van der Waals surface area contributed by atoms with Gasteiger partial charge in [-0.25, -0.2) is 4.79 Å². The second-order valence-corrected chi connectivity index (χ2v) is 4.76. The van der Waals surface area contributed by atoms with Gasteiger partial charge in [0.1, 0.15) is 0 Å². The summed E-state index contributed by atoms with van der Waals surface area (Å²) in [5, 5.41) is 4.92. The Bertz CT molecular complexity index is 529. The molecule has 0 heterocycles. The van der Waals surface area contributed by atoms with Gasteiger partial charge in [-0.15, -0.1) is 0 Å². The number of aryl methyl sites for hydroxylation is 1. The Kier molecular flexibility index (Phi) is 6.19. The van der Waals surface area contributed by atoms with Crippen molar-refractivity contribution in [3.63, 3.8) is 0 Å². The molecular weight excluding hydrogens is 272 g/mol. The highest BCUT2D eigenvalue weighted by Crippen LogP contribution is 2.12. The number of amides is 4. The van der Waals surface area contributed by atoms with Gasteiger partial charge in [0.15, 0.2) is 0 Å². The van der Waals surface area contributed by atoms with Crippen LogP contribution in [0.5, 0.6) is 0 Å². The first-order chi connectivity index (χ1) is 9.88. The third-order valence-corrected chi connectivity index (χ3v) is 2.73. The third-order valence-electron chi connectivity index (χ3n) is 2.73. The van der Waals surface area contributed by atoms with Gasteiger partial charge in [-0.3, -0.25) is 9.59 Å². The number of benzene rings is 1. The molecule has 21 heavy (non-hydrogen) atoms. The lowest BCUT2D eigenvalue weighted by Crippen LogP contribution is -2.36. The lowest BCUT2D eigenvalue weighted by molar-refractivity contribution is -0.128. The Morgan fingerprint density at radius 1 is 1.24 bits per heavy atom. The summed E-state index contributed by atoms with van der Waals surface area (Å²) in [6.07, 6.45) is 1.000. The van der Waals surface area contributed by atoms with Crippen LogP contribution in [0.3, 0.4) is 0 Å². The summed E-state index contributed by atoms with van der Waals surface area (Å²) < 4.78 is 0. The second-order valence-electron chi connectivity index (χ2n) is 4.76. The van der Waals surface area contributed by atoms with Crippen LogP contribution in [0.15, 0.2) is 24.3 Å². The zero-order valence-electron chi connectivity index (χ0n) is 12.2. The van der Waals surface area contributed by atoms with Crippen LogP contribution in [-0.2, 0) is 16.0 Å². The average molecular weight is 292 g/mol. The first kappa shape index (κ1) is 16.5. The number of carbonyl (C=O) groups is 3. The Morgan fingerprint density at radius 3 is 2.57 bits per heavy atom. The topological polar surface area (TPSA) is 105 Å². The summed E-state index contributed by atoms with van der Waals surface area (Å²) in [4.78, 5) is 35.1. The molecule has 0 aromatic heterocycles. The molecule has 0 bridgehead atoms. The summed E-state index contributed by atoms with van der Waals surface area (Å²) in [5.74, 6) is -0.561. The number of hydrogen-bond acceptors (Lipinski definition) is 3. The molecule has 7 heteroatoms. The van der Waals surface area contributed by atoms with Crippen molar-refractivity contribution in [2.45, 2.75) is 12.8 Å². The second kappa shape index (κ2) is 7.88. The van der Waals surface area contributed by atoms with Crippen molar-refractivity contribution in [1.82, 2.24) is 10.2 Å². The van der Waals surface area contributed by atoms with Crippen molar-refractivity contribution in [3.8, 4) is 0 Å². The van der Waals surface area contributed by atoms with Crippen molar-refractivity contribution in [2.75, 3.05) is 26.0 Å². The molecule has 0 saturated carbocycles. The minimum Gasteiger partial charge on any atom is -0.368 e. The van der Waals surface area contributed by atoms with Crippen molar-refractivity contribution in [2.24, 2.45) is 5.73 Å². The van der Waals surface area contributed by atoms with E-state index in [0.717, 1.165) is 5.56 Å². The van der Waals surface area contributed by atoms with Gasteiger partial charge in [-0.2, -0.15) is 0 Å². The van der Waals surface area contributed by atoms with Crippen LogP contribution in [-0.4, -0.2) is 43.4 Å². The highest BCUT2D eigenvalue weighted by atomic mass is 16.2. The molecule has 1 rings (SSSR count). The molecule has 0 atom stereocenters. The van der Waals surface area contributed by atoms with Gasteiger partial charge in [-0.05, 0) is 24.1 Å². The summed E-state index contributed by atoms with van der Waals surface area (Å²) in [6, 6.07) is 6.68. The third kappa shape index (κ3) is 6.42. The minimum absolute atomic E-state index is 0.0487. The van der Waals surface area contributed by atoms with E-state index in [0.29, 0.717) is 18.5 Å². The Hall–Kier alpha value is -2.57. The molecule has 0 fully saturated rings. The zero-order valence-corrected chi connectivity index (χ0v) is 12.2. The number of nitrogens with one attached hydrogen (secondary N) is 2. The van der Waals surface area contributed by atoms with E-state index in [9.17, 15) is 14.4 Å². The number of nitrogens with two attached hydrogens (primary N) is 1. The quantitative estimate of drug-likeness (QED) is 0.703. The SMILES string of the molecule is CN(C)C(=O)CCc1cccc(NC(=O)NCC(N)=O)c1. The normalized spacial score (nSPS) is 9.81. The maximum Gasteiger partial charge on any atom is 0.319 e. The summed E-state index contributed by atoms with van der Waals surface area (Å²) in [7, 11) is 3.42. The Balaban J connectivity index is 2.54. The van der Waals surface area contributed by atoms with Crippen LogP contribution in [0.2, 0.25) is 0 Å². The lowest BCUT2D eigenvalue weighted by Gasteiger charge is -2.11. The van der Waals surface area contributed by atoms with E-state index in [1.165, 1.54) is 0 Å². The van der Waals surface area contributed by atoms with Crippen molar-refractivity contribution < 1.29 is 14.4 Å². The smallest absolute Gasteiger partial charge is 0.319 e. The van der Waals surface area contributed by atoms with E-state index in [1.54, 1.807) is 37.2 Å². The van der Waals surface area contributed by atoms with E-state index >= 15 is 0 Å². The lowest BCUT2D eigenvalue weighted by atomic mass is 10.1. The van der Waals surface area contributed by atoms with Gasteiger partial charge < -0.3 is 21.3 Å². The number of nitrogens with zero attached hydrogens (tertiary/aromatic N) is 1. The summed E-state index contributed by atoms with van der Waals surface area (Å²) >= 11 is 0. The Labute approximate surface area is 123 Å². The van der Waals surface area contributed by atoms with Gasteiger partial charge >= 0.3 is 6.03 Å². The van der Waals surface area contributed by atoms with Crippen molar-refractivity contribution >= 4 is 23.5 Å². The molecule has 0 aliphatic heterocycles. The van der Waals surface area contributed by atoms with Crippen molar-refractivity contribution in [3.05, 3.63) is 29.8 Å². The molecule has 114 valence electrons. The van der Waals surface area contributed by atoms with E-state index < -0.39 is 11.9 Å². The van der Waals surface area contributed by atoms with Gasteiger partial charge in [0, 0.05) is 26.2 Å². The average Bonchev–Trinajstić information content (AvgIpc) is 2.42. The van der Waals surface area contributed by atoms with Gasteiger partial charge in [0.2, 0.25) is 11.8 Å². The highest BCUT2D eigenvalue weighted by Gasteiger charge is 2.06. The predicted molar refractivity (Wildman–Crippen MR) is 79.7 cm³/mol. The molecule has 0 radical (unpaired) electrons. The number of primary amides is 1. The molecule has 1 aromatic rings. The molecular formula is C14H20N4O3. The first-order valence-corrected chi connectivity index (χ1v) is 6.50. The van der Waals surface area contributed by atoms with Gasteiger partial charge in [0.05, 0.1) is 6.54 Å². The van der Waals surface area contributed by atoms with Crippen LogP contribution in [0.25, 0.3) is 0 Å². The minimum atomic E-state index is -0.610. The maximum absolute atomic E-state index is 11.5. The highest BCUT2D eigenvalue weighted by molar-refractivity contribution is 5.92. The van der Waals surface area contributed by atoms with E-state index in [1.807, 2.05) is 6.07 Å². The van der Waals surface area contributed by atoms with Crippen LogP contribution < -0.4 is 16.4 Å². The monoisotopic (exact) mass is 292 g/mol. The first-order valence-electron chi connectivity index (χ1n) is 6.50. The van der Waals surface area contributed by atoms with Crippen LogP contribution in [0.1, 0.15) is 12.0 Å². The fraction of sp³-hybridized carbons (Fsp3) is 0.357. The van der Waals surface area contributed by atoms with Crippen LogP contribution in [0.4, 0.5) is 10.5 Å². The number of urea groups is 1. The molecule has 1 aromatic carbocycles. The number of rotatable bonds is 6. The Morgan fingerprint density at radius 2 is 1.95 bits per heavy atom. The van der Waals surface area contributed by atoms with E-state index in [4.69, 9.17) is 5.73 Å². The molecule has 4 amide bonds. The maximum atomic E-state index is 11.5. The van der Waals surface area contributed by atoms with E-state index in [-0.39, 0.29) is 12.5 Å². The van der Waals surface area contributed by atoms with E-state index in [2.05, 4.69) is 10.6 Å². The van der Waals surface area contributed by atoms with Crippen LogP contribution in [0, 0.1) is 0 Å². The predicted octanol–water partition coefficient (Wildman–Crippen LogP) is 0.314. The fourth-order valence-electron chi connectivity index (χ4n) is 1.62. The number of carbonyl (C=O) groups excluding carboxylic acids is 3. The molecule has 7 nitrogen and oxygen atoms in total.